The minimum atomic E-state index is -0.437. The van der Waals surface area contributed by atoms with Gasteiger partial charge in [0.15, 0.2) is 0 Å². The average molecular weight is 395 g/mol. The Morgan fingerprint density at radius 3 is 1.83 bits per heavy atom. The summed E-state index contributed by atoms with van der Waals surface area (Å²) in [6.45, 7) is 0. The normalized spacial score (nSPS) is 10.8. The quantitative estimate of drug-likeness (QED) is 0.276. The molecule has 0 atom stereocenters. The second-order valence-corrected chi connectivity index (χ2v) is 6.41. The van der Waals surface area contributed by atoms with Crippen LogP contribution in [0, 0.1) is 10.1 Å². The molecular formula is C23H17N5O2. The number of benzene rings is 3. The third-order valence-electron chi connectivity index (χ3n) is 4.35. The number of hydrogen-bond donors (Lipinski definition) is 1. The minimum absolute atomic E-state index is 0.0338. The highest BCUT2D eigenvalue weighted by Crippen LogP contribution is 2.25. The Bertz CT molecular complexity index is 1120. The molecule has 4 aromatic rings. The van der Waals surface area contributed by atoms with Crippen molar-refractivity contribution in [1.82, 2.24) is 9.97 Å². The number of non-ortho nitro benzene ring substituents is 1. The van der Waals surface area contributed by atoms with Gasteiger partial charge in [0, 0.05) is 23.3 Å². The fourth-order valence-corrected chi connectivity index (χ4v) is 2.86. The summed E-state index contributed by atoms with van der Waals surface area (Å²) >= 11 is 0. The number of nitro groups is 1. The van der Waals surface area contributed by atoms with Gasteiger partial charge in [0.25, 0.3) is 5.69 Å². The predicted octanol–water partition coefficient (Wildman–Crippen LogP) is 5.16. The molecule has 7 nitrogen and oxygen atoms in total. The number of hydrazone groups is 1. The van der Waals surface area contributed by atoms with Crippen LogP contribution in [0.3, 0.4) is 0 Å². The van der Waals surface area contributed by atoms with Gasteiger partial charge in [0.2, 0.25) is 5.95 Å². The minimum Gasteiger partial charge on any atom is -0.258 e. The maximum atomic E-state index is 10.8. The van der Waals surface area contributed by atoms with Gasteiger partial charge in [-0.3, -0.25) is 10.1 Å². The van der Waals surface area contributed by atoms with Gasteiger partial charge < -0.3 is 0 Å². The molecule has 0 amide bonds. The van der Waals surface area contributed by atoms with Crippen LogP contribution in [0.25, 0.3) is 22.5 Å². The van der Waals surface area contributed by atoms with Crippen LogP contribution >= 0.6 is 0 Å². The largest absolute Gasteiger partial charge is 0.269 e. The van der Waals surface area contributed by atoms with Crippen LogP contribution in [0.5, 0.6) is 0 Å². The zero-order valence-corrected chi connectivity index (χ0v) is 15.8. The molecule has 4 rings (SSSR count). The summed E-state index contributed by atoms with van der Waals surface area (Å²) in [4.78, 5) is 19.5. The molecule has 0 saturated heterocycles. The van der Waals surface area contributed by atoms with Gasteiger partial charge in [0.05, 0.1) is 22.5 Å². The molecule has 146 valence electrons. The van der Waals surface area contributed by atoms with Crippen molar-refractivity contribution >= 4 is 17.9 Å². The van der Waals surface area contributed by atoms with E-state index < -0.39 is 4.92 Å². The maximum absolute atomic E-state index is 10.8. The molecule has 0 aliphatic heterocycles. The first-order chi connectivity index (χ1) is 14.7. The van der Waals surface area contributed by atoms with E-state index in [1.165, 1.54) is 12.1 Å². The van der Waals surface area contributed by atoms with Crippen molar-refractivity contribution in [2.75, 3.05) is 5.43 Å². The molecule has 30 heavy (non-hydrogen) atoms. The molecule has 3 aromatic carbocycles. The van der Waals surface area contributed by atoms with Gasteiger partial charge in [-0.25, -0.2) is 15.4 Å². The fourth-order valence-electron chi connectivity index (χ4n) is 2.86. The number of anilines is 1. The standard InChI is InChI=1S/C23H17N5O2/c29-28(30)20-13-11-17(12-14-20)16-24-27-23-25-21(18-7-3-1-4-8-18)15-22(26-23)19-9-5-2-6-10-19/h1-16H,(H,25,26,27)/b24-16+. The van der Waals surface area contributed by atoms with E-state index in [4.69, 9.17) is 0 Å². The maximum Gasteiger partial charge on any atom is 0.269 e. The van der Waals surface area contributed by atoms with Crippen LogP contribution in [0.15, 0.2) is 96.1 Å². The Morgan fingerprint density at radius 1 is 0.800 bits per heavy atom. The number of nitrogens with one attached hydrogen (secondary N) is 1. The van der Waals surface area contributed by atoms with Crippen molar-refractivity contribution in [3.8, 4) is 22.5 Å². The topological polar surface area (TPSA) is 93.3 Å². The summed E-state index contributed by atoms with van der Waals surface area (Å²) in [5.74, 6) is 0.355. The summed E-state index contributed by atoms with van der Waals surface area (Å²) in [5, 5.41) is 14.9. The first kappa shape index (κ1) is 18.9. The van der Waals surface area contributed by atoms with Crippen molar-refractivity contribution in [3.63, 3.8) is 0 Å². The molecule has 0 saturated carbocycles. The van der Waals surface area contributed by atoms with Crippen LogP contribution in [0.1, 0.15) is 5.56 Å². The summed E-state index contributed by atoms with van der Waals surface area (Å²) in [6, 6.07) is 27.7. The summed E-state index contributed by atoms with van der Waals surface area (Å²) in [7, 11) is 0. The van der Waals surface area contributed by atoms with Crippen molar-refractivity contribution in [3.05, 3.63) is 107 Å². The lowest BCUT2D eigenvalue weighted by Gasteiger charge is -2.08. The van der Waals surface area contributed by atoms with E-state index in [0.717, 1.165) is 28.1 Å². The molecule has 0 aliphatic carbocycles. The third kappa shape index (κ3) is 4.53. The lowest BCUT2D eigenvalue weighted by Crippen LogP contribution is -2.00. The summed E-state index contributed by atoms with van der Waals surface area (Å²) in [5.41, 5.74) is 7.11. The predicted molar refractivity (Wildman–Crippen MR) is 117 cm³/mol. The van der Waals surface area contributed by atoms with E-state index in [9.17, 15) is 10.1 Å². The first-order valence-corrected chi connectivity index (χ1v) is 9.22. The van der Waals surface area contributed by atoms with Crippen molar-refractivity contribution in [2.24, 2.45) is 5.10 Å². The van der Waals surface area contributed by atoms with E-state index in [1.807, 2.05) is 66.7 Å². The second-order valence-electron chi connectivity index (χ2n) is 6.41. The number of nitrogens with zero attached hydrogens (tertiary/aromatic N) is 4. The zero-order chi connectivity index (χ0) is 20.8. The van der Waals surface area contributed by atoms with Gasteiger partial charge in [-0.05, 0) is 23.8 Å². The molecule has 0 radical (unpaired) electrons. The van der Waals surface area contributed by atoms with Gasteiger partial charge in [-0.15, -0.1) is 0 Å². The first-order valence-electron chi connectivity index (χ1n) is 9.22. The molecule has 7 heteroatoms. The van der Waals surface area contributed by atoms with Gasteiger partial charge >= 0.3 is 0 Å². The molecule has 0 aliphatic rings. The zero-order valence-electron chi connectivity index (χ0n) is 15.8. The van der Waals surface area contributed by atoms with Crippen molar-refractivity contribution < 1.29 is 4.92 Å². The Labute approximate surface area is 172 Å². The molecule has 1 heterocycles. The van der Waals surface area contributed by atoms with Gasteiger partial charge in [-0.2, -0.15) is 5.10 Å². The molecule has 0 spiro atoms. The monoisotopic (exact) mass is 395 g/mol. The second kappa shape index (κ2) is 8.74. The van der Waals surface area contributed by atoms with Crippen LogP contribution in [0.4, 0.5) is 11.6 Å². The summed E-state index contributed by atoms with van der Waals surface area (Å²) < 4.78 is 0. The van der Waals surface area contributed by atoms with Crippen LogP contribution in [0.2, 0.25) is 0 Å². The highest BCUT2D eigenvalue weighted by atomic mass is 16.6. The third-order valence-corrected chi connectivity index (χ3v) is 4.35. The SMILES string of the molecule is O=[N+]([O-])c1ccc(/C=N/Nc2nc(-c3ccccc3)cc(-c3ccccc3)n2)cc1. The number of hydrogen-bond acceptors (Lipinski definition) is 6. The van der Waals surface area contributed by atoms with E-state index in [0.29, 0.717) is 5.95 Å². The van der Waals surface area contributed by atoms with Gasteiger partial charge in [-0.1, -0.05) is 60.7 Å². The van der Waals surface area contributed by atoms with E-state index in [-0.39, 0.29) is 5.69 Å². The van der Waals surface area contributed by atoms with Crippen LogP contribution < -0.4 is 5.43 Å². The van der Waals surface area contributed by atoms with Crippen molar-refractivity contribution in [1.29, 1.82) is 0 Å². The summed E-state index contributed by atoms with van der Waals surface area (Å²) in [6.07, 6.45) is 1.56. The molecule has 0 unspecified atom stereocenters. The molecule has 0 fully saturated rings. The average Bonchev–Trinajstić information content (AvgIpc) is 2.80. The Balaban J connectivity index is 1.62. The molecule has 1 N–H and O–H groups in total. The van der Waals surface area contributed by atoms with Crippen LogP contribution in [-0.2, 0) is 0 Å². The van der Waals surface area contributed by atoms with Crippen LogP contribution in [-0.4, -0.2) is 21.1 Å². The fraction of sp³-hybridized carbons (Fsp3) is 0. The lowest BCUT2D eigenvalue weighted by atomic mass is 10.1. The van der Waals surface area contributed by atoms with Gasteiger partial charge in [0.1, 0.15) is 0 Å². The van der Waals surface area contributed by atoms with E-state index in [2.05, 4.69) is 20.5 Å². The number of aromatic nitrogens is 2. The Morgan fingerprint density at radius 2 is 1.33 bits per heavy atom. The molecule has 0 bridgehead atoms. The Kier molecular flexibility index (Phi) is 5.52. The molecular weight excluding hydrogens is 378 g/mol. The number of rotatable bonds is 6. The lowest BCUT2D eigenvalue weighted by molar-refractivity contribution is -0.384. The molecule has 1 aromatic heterocycles. The smallest absolute Gasteiger partial charge is 0.258 e. The van der Waals surface area contributed by atoms with Crippen molar-refractivity contribution in [2.45, 2.75) is 0 Å². The Hall–Kier alpha value is -4.39. The van der Waals surface area contributed by atoms with E-state index >= 15 is 0 Å². The highest BCUT2D eigenvalue weighted by Gasteiger charge is 2.08. The highest BCUT2D eigenvalue weighted by molar-refractivity contribution is 5.80. The van der Waals surface area contributed by atoms with E-state index in [1.54, 1.807) is 18.3 Å². The number of nitro benzene ring substituents is 1.